The first-order chi connectivity index (χ1) is 8.88. The van der Waals surface area contributed by atoms with E-state index >= 15 is 0 Å². The fourth-order valence-electron chi connectivity index (χ4n) is 2.39. The third kappa shape index (κ3) is 2.65. The van der Waals surface area contributed by atoms with Crippen LogP contribution in [-0.4, -0.2) is 48.9 Å². The molecule has 1 saturated carbocycles. The number of hydrogen-bond acceptors (Lipinski definition) is 6. The van der Waals surface area contributed by atoms with Crippen LogP contribution in [0.2, 0.25) is 0 Å². The Kier molecular flexibility index (Phi) is 3.77. The van der Waals surface area contributed by atoms with Crippen molar-refractivity contribution in [2.24, 2.45) is 5.92 Å². The first-order valence-corrected chi connectivity index (χ1v) is 7.31. The van der Waals surface area contributed by atoms with Gasteiger partial charge in [-0.1, -0.05) is 0 Å². The molecule has 1 unspecified atom stereocenters. The van der Waals surface area contributed by atoms with Gasteiger partial charge < -0.3 is 14.4 Å². The second kappa shape index (κ2) is 5.50. The molecule has 0 amide bonds. The number of rotatable bonds is 5. The van der Waals surface area contributed by atoms with E-state index in [4.69, 9.17) is 9.47 Å². The number of aromatic nitrogens is 2. The summed E-state index contributed by atoms with van der Waals surface area (Å²) in [5.41, 5.74) is 0. The smallest absolute Gasteiger partial charge is 0.205 e. The average molecular weight is 269 g/mol. The Morgan fingerprint density at radius 1 is 1.50 bits per heavy atom. The second-order valence-electron chi connectivity index (χ2n) is 4.91. The van der Waals surface area contributed by atoms with Crippen LogP contribution < -0.4 is 4.90 Å². The van der Waals surface area contributed by atoms with Gasteiger partial charge in [0.05, 0.1) is 25.9 Å². The number of anilines is 1. The molecule has 100 valence electrons. The van der Waals surface area contributed by atoms with Crippen molar-refractivity contribution in [3.8, 4) is 0 Å². The summed E-state index contributed by atoms with van der Waals surface area (Å²) in [5, 5.41) is 1.06. The monoisotopic (exact) mass is 269 g/mol. The molecule has 1 aromatic heterocycles. The van der Waals surface area contributed by atoms with Crippen LogP contribution in [-0.2, 0) is 15.9 Å². The maximum absolute atomic E-state index is 5.60. The molecular formula is C12H19N3O2S. The number of methoxy groups -OCH3 is 1. The highest BCUT2D eigenvalue weighted by Crippen LogP contribution is 2.38. The first kappa shape index (κ1) is 12.3. The molecule has 0 aromatic carbocycles. The van der Waals surface area contributed by atoms with Gasteiger partial charge in [-0.2, -0.15) is 4.37 Å². The Hall–Kier alpha value is -0.720. The van der Waals surface area contributed by atoms with Gasteiger partial charge in [-0.15, -0.1) is 0 Å². The molecule has 0 spiro atoms. The number of ether oxygens (including phenoxy) is 2. The zero-order valence-electron chi connectivity index (χ0n) is 10.7. The number of morpholine rings is 1. The summed E-state index contributed by atoms with van der Waals surface area (Å²) < 4.78 is 15.1. The Morgan fingerprint density at radius 2 is 2.39 bits per heavy atom. The highest BCUT2D eigenvalue weighted by molar-refractivity contribution is 7.09. The molecule has 0 radical (unpaired) electrons. The minimum Gasteiger partial charge on any atom is -0.384 e. The zero-order valence-corrected chi connectivity index (χ0v) is 11.5. The van der Waals surface area contributed by atoms with E-state index in [0.29, 0.717) is 12.6 Å². The van der Waals surface area contributed by atoms with E-state index in [0.717, 1.165) is 43.1 Å². The predicted octanol–water partition coefficient (Wildman–Crippen LogP) is 1.34. The minimum atomic E-state index is 0.516. The molecule has 5 nitrogen and oxygen atoms in total. The molecule has 0 N–H and O–H groups in total. The van der Waals surface area contributed by atoms with Gasteiger partial charge in [-0.3, -0.25) is 0 Å². The normalized spacial score (nSPS) is 24.5. The Balaban J connectivity index is 1.69. The number of hydrogen-bond donors (Lipinski definition) is 0. The van der Waals surface area contributed by atoms with Gasteiger partial charge in [0, 0.05) is 31.6 Å². The van der Waals surface area contributed by atoms with E-state index in [9.17, 15) is 0 Å². The molecule has 2 heterocycles. The molecular weight excluding hydrogens is 250 g/mol. The Labute approximate surface area is 111 Å². The molecule has 2 aliphatic rings. The van der Waals surface area contributed by atoms with Crippen LogP contribution in [0.15, 0.2) is 0 Å². The van der Waals surface area contributed by atoms with Crippen molar-refractivity contribution >= 4 is 16.7 Å². The lowest BCUT2D eigenvalue weighted by Crippen LogP contribution is -2.46. The van der Waals surface area contributed by atoms with Gasteiger partial charge in [0.1, 0.15) is 5.82 Å². The van der Waals surface area contributed by atoms with Crippen molar-refractivity contribution in [2.75, 3.05) is 38.4 Å². The molecule has 2 fully saturated rings. The Morgan fingerprint density at radius 3 is 3.17 bits per heavy atom. The van der Waals surface area contributed by atoms with Crippen molar-refractivity contribution in [1.29, 1.82) is 0 Å². The van der Waals surface area contributed by atoms with Crippen LogP contribution in [0.25, 0.3) is 0 Å². The molecule has 1 aliphatic carbocycles. The lowest BCUT2D eigenvalue weighted by Gasteiger charge is -2.35. The summed E-state index contributed by atoms with van der Waals surface area (Å²) in [6.07, 6.45) is 3.46. The van der Waals surface area contributed by atoms with E-state index in [-0.39, 0.29) is 0 Å². The van der Waals surface area contributed by atoms with Crippen molar-refractivity contribution < 1.29 is 9.47 Å². The van der Waals surface area contributed by atoms with Crippen LogP contribution in [0.3, 0.4) is 0 Å². The van der Waals surface area contributed by atoms with Gasteiger partial charge in [0.15, 0.2) is 0 Å². The van der Waals surface area contributed by atoms with E-state index in [1.807, 2.05) is 0 Å². The summed E-state index contributed by atoms with van der Waals surface area (Å²) in [4.78, 5) is 7.03. The summed E-state index contributed by atoms with van der Waals surface area (Å²) in [5.74, 6) is 1.70. The largest absolute Gasteiger partial charge is 0.384 e. The van der Waals surface area contributed by atoms with E-state index in [1.165, 1.54) is 24.4 Å². The third-order valence-corrected chi connectivity index (χ3v) is 4.36. The highest BCUT2D eigenvalue weighted by atomic mass is 32.1. The van der Waals surface area contributed by atoms with E-state index in [2.05, 4.69) is 14.3 Å². The molecule has 18 heavy (non-hydrogen) atoms. The van der Waals surface area contributed by atoms with E-state index in [1.54, 1.807) is 7.11 Å². The van der Waals surface area contributed by atoms with Crippen LogP contribution >= 0.6 is 11.5 Å². The highest BCUT2D eigenvalue weighted by Gasteiger charge is 2.38. The summed E-state index contributed by atoms with van der Waals surface area (Å²) in [7, 11) is 1.71. The van der Waals surface area contributed by atoms with Crippen LogP contribution in [0.1, 0.15) is 18.7 Å². The van der Waals surface area contributed by atoms with Crippen molar-refractivity contribution in [3.63, 3.8) is 0 Å². The second-order valence-corrected chi connectivity index (χ2v) is 5.64. The standard InChI is InChI=1S/C12H19N3O2S/c1-16-6-4-11-13-12(18-14-11)15-5-7-17-8-10(15)9-2-3-9/h9-10H,2-8H2,1H3. The average Bonchev–Trinajstić information content (AvgIpc) is 3.15. The topological polar surface area (TPSA) is 47.5 Å². The quantitative estimate of drug-likeness (QED) is 0.807. The fourth-order valence-corrected chi connectivity index (χ4v) is 3.19. The lowest BCUT2D eigenvalue weighted by atomic mass is 10.1. The predicted molar refractivity (Wildman–Crippen MR) is 70.2 cm³/mol. The molecule has 1 aliphatic heterocycles. The molecule has 1 aromatic rings. The molecule has 3 rings (SSSR count). The number of nitrogens with zero attached hydrogens (tertiary/aromatic N) is 3. The Bertz CT molecular complexity index is 394. The molecule has 1 atom stereocenters. The van der Waals surface area contributed by atoms with Gasteiger partial charge in [0.2, 0.25) is 5.13 Å². The first-order valence-electron chi connectivity index (χ1n) is 6.54. The van der Waals surface area contributed by atoms with Crippen LogP contribution in [0.5, 0.6) is 0 Å². The van der Waals surface area contributed by atoms with Gasteiger partial charge in [0.25, 0.3) is 0 Å². The maximum Gasteiger partial charge on any atom is 0.205 e. The summed E-state index contributed by atoms with van der Waals surface area (Å²) >= 11 is 1.51. The summed E-state index contributed by atoms with van der Waals surface area (Å²) in [6.45, 7) is 3.28. The van der Waals surface area contributed by atoms with Crippen molar-refractivity contribution in [2.45, 2.75) is 25.3 Å². The fraction of sp³-hybridized carbons (Fsp3) is 0.833. The summed E-state index contributed by atoms with van der Waals surface area (Å²) in [6, 6.07) is 0.516. The molecule has 0 bridgehead atoms. The van der Waals surface area contributed by atoms with Crippen molar-refractivity contribution in [3.05, 3.63) is 5.82 Å². The van der Waals surface area contributed by atoms with Gasteiger partial charge in [-0.05, 0) is 18.8 Å². The van der Waals surface area contributed by atoms with Gasteiger partial charge >= 0.3 is 0 Å². The van der Waals surface area contributed by atoms with Gasteiger partial charge in [-0.25, -0.2) is 4.98 Å². The lowest BCUT2D eigenvalue weighted by molar-refractivity contribution is 0.0878. The SMILES string of the molecule is COCCc1nsc(N2CCOCC2C2CC2)n1. The molecule has 6 heteroatoms. The van der Waals surface area contributed by atoms with Crippen molar-refractivity contribution in [1.82, 2.24) is 9.36 Å². The maximum atomic E-state index is 5.60. The van der Waals surface area contributed by atoms with E-state index < -0.39 is 0 Å². The molecule has 1 saturated heterocycles. The zero-order chi connectivity index (χ0) is 12.4. The minimum absolute atomic E-state index is 0.516. The van der Waals surface area contributed by atoms with Crippen LogP contribution in [0.4, 0.5) is 5.13 Å². The van der Waals surface area contributed by atoms with Crippen LogP contribution in [0, 0.1) is 5.92 Å². The third-order valence-electron chi connectivity index (χ3n) is 3.56.